The van der Waals surface area contributed by atoms with E-state index in [1.54, 1.807) is 6.07 Å². The molecule has 0 saturated carbocycles. The van der Waals surface area contributed by atoms with Gasteiger partial charge >= 0.3 is 0 Å². The molecule has 0 N–H and O–H groups in total. The molecule has 5 nitrogen and oxygen atoms in total. The van der Waals surface area contributed by atoms with Gasteiger partial charge in [0.2, 0.25) is 10.0 Å². The largest absolute Gasteiger partial charge is 0.357 e. The van der Waals surface area contributed by atoms with Gasteiger partial charge in [-0.3, -0.25) is 0 Å². The Labute approximate surface area is 126 Å². The highest BCUT2D eigenvalue weighted by Gasteiger charge is 2.27. The molecule has 2 saturated heterocycles. The maximum Gasteiger partial charge on any atom is 0.244 e. The van der Waals surface area contributed by atoms with E-state index in [2.05, 4.69) is 16.5 Å². The van der Waals surface area contributed by atoms with Gasteiger partial charge < -0.3 is 4.90 Å². The van der Waals surface area contributed by atoms with Gasteiger partial charge in [0, 0.05) is 32.4 Å². The second-order valence-electron chi connectivity index (χ2n) is 5.70. The molecule has 114 valence electrons. The fourth-order valence-electron chi connectivity index (χ4n) is 2.85. The number of hydrogen-bond donors (Lipinski definition) is 0. The third-order valence-corrected chi connectivity index (χ3v) is 6.10. The molecular weight excluding hydrogens is 286 g/mol. The molecule has 21 heavy (non-hydrogen) atoms. The van der Waals surface area contributed by atoms with E-state index in [0.29, 0.717) is 13.1 Å². The van der Waals surface area contributed by atoms with E-state index >= 15 is 0 Å². The highest BCUT2D eigenvalue weighted by atomic mass is 32.2. The van der Waals surface area contributed by atoms with Crippen LogP contribution in [0.2, 0.25) is 0 Å². The maximum atomic E-state index is 12.6. The van der Waals surface area contributed by atoms with Crippen LogP contribution >= 0.6 is 0 Å². The zero-order valence-corrected chi connectivity index (χ0v) is 13.0. The summed E-state index contributed by atoms with van der Waals surface area (Å²) in [7, 11) is -3.41. The van der Waals surface area contributed by atoms with Crippen molar-refractivity contribution in [3.05, 3.63) is 30.5 Å². The number of pyridine rings is 1. The Morgan fingerprint density at radius 1 is 1.05 bits per heavy atom. The summed E-state index contributed by atoms with van der Waals surface area (Å²) in [5.41, 5.74) is 1.13. The summed E-state index contributed by atoms with van der Waals surface area (Å²) in [6, 6.07) is 3.50. The Hall–Kier alpha value is -1.40. The summed E-state index contributed by atoms with van der Waals surface area (Å²) in [4.78, 5) is 6.82. The van der Waals surface area contributed by atoms with Crippen molar-refractivity contribution in [2.45, 2.75) is 30.6 Å². The van der Waals surface area contributed by atoms with E-state index in [9.17, 15) is 8.42 Å². The molecule has 0 atom stereocenters. The molecule has 0 aliphatic carbocycles. The van der Waals surface area contributed by atoms with Crippen molar-refractivity contribution >= 4 is 15.8 Å². The fraction of sp³-hybridized carbons (Fsp3) is 0.533. The molecule has 0 unspecified atom stereocenters. The zero-order chi connectivity index (χ0) is 14.9. The fourth-order valence-corrected chi connectivity index (χ4v) is 4.24. The van der Waals surface area contributed by atoms with Gasteiger partial charge in [0.25, 0.3) is 0 Å². The van der Waals surface area contributed by atoms with Crippen molar-refractivity contribution in [1.82, 2.24) is 9.29 Å². The minimum atomic E-state index is -3.41. The molecule has 0 amide bonds. The van der Waals surface area contributed by atoms with Crippen molar-refractivity contribution in [3.63, 3.8) is 0 Å². The predicted molar refractivity (Wildman–Crippen MR) is 82.8 cm³/mol. The van der Waals surface area contributed by atoms with E-state index in [-0.39, 0.29) is 4.90 Å². The van der Waals surface area contributed by atoms with Gasteiger partial charge in [0.1, 0.15) is 10.7 Å². The normalized spacial score (nSPS) is 21.0. The van der Waals surface area contributed by atoms with Crippen LogP contribution in [0.15, 0.2) is 35.4 Å². The molecule has 1 aromatic rings. The molecule has 0 aromatic carbocycles. The Morgan fingerprint density at radius 2 is 1.71 bits per heavy atom. The van der Waals surface area contributed by atoms with E-state index in [1.165, 1.54) is 23.3 Å². The molecule has 0 bridgehead atoms. The van der Waals surface area contributed by atoms with Crippen LogP contribution in [0, 0.1) is 0 Å². The molecule has 2 fully saturated rings. The van der Waals surface area contributed by atoms with Gasteiger partial charge in [0.15, 0.2) is 0 Å². The zero-order valence-electron chi connectivity index (χ0n) is 12.2. The van der Waals surface area contributed by atoms with Crippen molar-refractivity contribution in [2.24, 2.45) is 0 Å². The van der Waals surface area contributed by atoms with Crippen LogP contribution in [-0.2, 0) is 10.0 Å². The van der Waals surface area contributed by atoms with Gasteiger partial charge in [-0.15, -0.1) is 0 Å². The Balaban J connectivity index is 1.77. The van der Waals surface area contributed by atoms with E-state index in [4.69, 9.17) is 0 Å². The average Bonchev–Trinajstić information content (AvgIpc) is 3.02. The smallest absolute Gasteiger partial charge is 0.244 e. The lowest BCUT2D eigenvalue weighted by atomic mass is 10.1. The Bertz CT molecular complexity index is 609. The first-order chi connectivity index (χ1) is 10.1. The summed E-state index contributed by atoms with van der Waals surface area (Å²) in [6.07, 6.45) is 5.35. The molecule has 3 rings (SSSR count). The van der Waals surface area contributed by atoms with Crippen LogP contribution in [0.1, 0.15) is 25.7 Å². The van der Waals surface area contributed by atoms with Gasteiger partial charge in [0.05, 0.1) is 0 Å². The lowest BCUT2D eigenvalue weighted by Gasteiger charge is -2.27. The van der Waals surface area contributed by atoms with E-state index < -0.39 is 10.0 Å². The minimum absolute atomic E-state index is 0.290. The second kappa shape index (κ2) is 5.77. The van der Waals surface area contributed by atoms with Gasteiger partial charge in [-0.25, -0.2) is 13.4 Å². The summed E-state index contributed by atoms with van der Waals surface area (Å²) in [5, 5.41) is 0. The third kappa shape index (κ3) is 2.96. The van der Waals surface area contributed by atoms with Crippen LogP contribution in [0.4, 0.5) is 5.82 Å². The Kier molecular flexibility index (Phi) is 3.99. The number of nitrogens with zero attached hydrogens (tertiary/aromatic N) is 3. The summed E-state index contributed by atoms with van der Waals surface area (Å²) >= 11 is 0. The molecule has 2 aliphatic heterocycles. The van der Waals surface area contributed by atoms with Crippen LogP contribution in [0.5, 0.6) is 0 Å². The Morgan fingerprint density at radius 3 is 2.29 bits per heavy atom. The monoisotopic (exact) mass is 307 g/mol. The number of hydrogen-bond acceptors (Lipinski definition) is 4. The van der Waals surface area contributed by atoms with Crippen molar-refractivity contribution in [1.29, 1.82) is 0 Å². The van der Waals surface area contributed by atoms with Crippen LogP contribution in [0.25, 0.3) is 0 Å². The lowest BCUT2D eigenvalue weighted by Crippen LogP contribution is -2.36. The second-order valence-corrected chi connectivity index (χ2v) is 7.64. The van der Waals surface area contributed by atoms with E-state index in [0.717, 1.165) is 37.3 Å². The lowest BCUT2D eigenvalue weighted by molar-refractivity contribution is 0.387. The molecule has 3 heterocycles. The highest BCUT2D eigenvalue weighted by molar-refractivity contribution is 7.89. The summed E-state index contributed by atoms with van der Waals surface area (Å²) in [5.74, 6) is 0.874. The van der Waals surface area contributed by atoms with Gasteiger partial charge in [-0.2, -0.15) is 4.31 Å². The van der Waals surface area contributed by atoms with Crippen molar-refractivity contribution in [3.8, 4) is 0 Å². The summed E-state index contributed by atoms with van der Waals surface area (Å²) < 4.78 is 26.7. The summed E-state index contributed by atoms with van der Waals surface area (Å²) in [6.45, 7) is 6.98. The number of aromatic nitrogens is 1. The number of rotatable bonds is 3. The third-order valence-electron chi connectivity index (χ3n) is 4.22. The first-order valence-electron chi connectivity index (χ1n) is 7.45. The standard InChI is InChI=1S/C15H21N3O2S/c1-13-6-10-18(11-7-13)21(19,20)14-4-5-15(16-12-14)17-8-2-3-9-17/h4-5,12H,1-3,6-11H2. The topological polar surface area (TPSA) is 53.5 Å². The number of piperidine rings is 1. The molecule has 2 aliphatic rings. The molecule has 6 heteroatoms. The first-order valence-corrected chi connectivity index (χ1v) is 8.89. The van der Waals surface area contributed by atoms with Gasteiger partial charge in [-0.05, 0) is 37.8 Å². The predicted octanol–water partition coefficient (Wildman–Crippen LogP) is 2.02. The number of sulfonamides is 1. The van der Waals surface area contributed by atoms with Crippen molar-refractivity contribution in [2.75, 3.05) is 31.1 Å². The minimum Gasteiger partial charge on any atom is -0.357 e. The average molecular weight is 307 g/mol. The maximum absolute atomic E-state index is 12.6. The quantitative estimate of drug-likeness (QED) is 0.802. The first kappa shape index (κ1) is 14.5. The molecule has 0 spiro atoms. The molecule has 0 radical (unpaired) electrons. The van der Waals surface area contributed by atoms with Crippen molar-refractivity contribution < 1.29 is 8.42 Å². The van der Waals surface area contributed by atoms with Gasteiger partial charge in [-0.1, -0.05) is 12.2 Å². The number of anilines is 1. The van der Waals surface area contributed by atoms with Crippen LogP contribution < -0.4 is 4.90 Å². The van der Waals surface area contributed by atoms with Crippen LogP contribution in [0.3, 0.4) is 0 Å². The van der Waals surface area contributed by atoms with Crippen LogP contribution in [-0.4, -0.2) is 43.9 Å². The molecule has 1 aromatic heterocycles. The highest BCUT2D eigenvalue weighted by Crippen LogP contribution is 2.24. The van der Waals surface area contributed by atoms with E-state index in [1.807, 2.05) is 6.07 Å². The SMILES string of the molecule is C=C1CCN(S(=O)(=O)c2ccc(N3CCCC3)nc2)CC1. The molecular formula is C15H21N3O2S.